The summed E-state index contributed by atoms with van der Waals surface area (Å²) in [5, 5.41) is 0. The van der Waals surface area contributed by atoms with Crippen LogP contribution in [0.5, 0.6) is 0 Å². The van der Waals surface area contributed by atoms with Crippen molar-refractivity contribution in [1.82, 2.24) is 0 Å². The first-order valence-corrected chi connectivity index (χ1v) is 6.43. The molecule has 1 unspecified atom stereocenters. The number of nitrogens with two attached hydrogens (primary N) is 1. The lowest BCUT2D eigenvalue weighted by Crippen LogP contribution is -2.29. The van der Waals surface area contributed by atoms with Crippen LogP contribution in [-0.4, -0.2) is 23.2 Å². The third-order valence-electron chi connectivity index (χ3n) is 2.52. The fourth-order valence-electron chi connectivity index (χ4n) is 1.72. The van der Waals surface area contributed by atoms with Crippen molar-refractivity contribution in [2.45, 2.75) is 44.3 Å². The van der Waals surface area contributed by atoms with Crippen LogP contribution in [-0.2, 0) is 9.09 Å². The molecular formula is C8H18NO3P. The lowest BCUT2D eigenvalue weighted by Gasteiger charge is -2.28. The Kier molecular flexibility index (Phi) is 3.92. The zero-order chi connectivity index (χ0) is 9.90. The van der Waals surface area contributed by atoms with Gasteiger partial charge in [-0.2, -0.15) is 0 Å². The van der Waals surface area contributed by atoms with E-state index in [0.717, 1.165) is 25.7 Å². The highest BCUT2D eigenvalue weighted by Crippen LogP contribution is 2.52. The van der Waals surface area contributed by atoms with Crippen LogP contribution in [0.2, 0.25) is 0 Å². The fourth-order valence-corrected chi connectivity index (χ4v) is 3.25. The molecule has 0 aliphatic heterocycles. The zero-order valence-electron chi connectivity index (χ0n) is 7.98. The molecule has 1 aliphatic rings. The molecule has 13 heavy (non-hydrogen) atoms. The Morgan fingerprint density at radius 2 is 2.00 bits per heavy atom. The highest BCUT2D eigenvalue weighted by atomic mass is 31.2. The smallest absolute Gasteiger partial charge is 0.328 e. The summed E-state index contributed by atoms with van der Waals surface area (Å²) in [6, 6.07) is 0.206. The van der Waals surface area contributed by atoms with Crippen LogP contribution < -0.4 is 5.73 Å². The maximum Gasteiger partial charge on any atom is 0.331 e. The van der Waals surface area contributed by atoms with Crippen molar-refractivity contribution in [3.63, 3.8) is 0 Å². The third-order valence-corrected chi connectivity index (χ3v) is 4.58. The molecule has 0 heterocycles. The van der Waals surface area contributed by atoms with Gasteiger partial charge in [0.25, 0.3) is 0 Å². The topological polar surface area (TPSA) is 72.5 Å². The first-order valence-electron chi connectivity index (χ1n) is 4.79. The van der Waals surface area contributed by atoms with Gasteiger partial charge in [-0.15, -0.1) is 0 Å². The van der Waals surface area contributed by atoms with Crippen LogP contribution in [0.15, 0.2) is 0 Å². The van der Waals surface area contributed by atoms with E-state index in [9.17, 15) is 9.46 Å². The number of rotatable bonds is 3. The predicted molar refractivity (Wildman–Crippen MR) is 51.7 cm³/mol. The van der Waals surface area contributed by atoms with Crippen LogP contribution in [0.1, 0.15) is 32.6 Å². The Morgan fingerprint density at radius 1 is 1.46 bits per heavy atom. The minimum atomic E-state index is -3.35. The summed E-state index contributed by atoms with van der Waals surface area (Å²) in [6.45, 7) is 2.04. The van der Waals surface area contributed by atoms with E-state index in [2.05, 4.69) is 0 Å². The third kappa shape index (κ3) is 3.06. The molecule has 0 amide bonds. The van der Waals surface area contributed by atoms with Gasteiger partial charge in [-0.1, -0.05) is 0 Å². The molecule has 0 bridgehead atoms. The predicted octanol–water partition coefficient (Wildman–Crippen LogP) is 1.48. The van der Waals surface area contributed by atoms with Crippen LogP contribution in [0.25, 0.3) is 0 Å². The van der Waals surface area contributed by atoms with Crippen molar-refractivity contribution in [3.8, 4) is 0 Å². The molecular weight excluding hydrogens is 189 g/mol. The molecule has 4 nitrogen and oxygen atoms in total. The molecule has 0 aromatic rings. The molecule has 1 rings (SSSR count). The molecule has 3 N–H and O–H groups in total. The van der Waals surface area contributed by atoms with Crippen molar-refractivity contribution in [3.05, 3.63) is 0 Å². The van der Waals surface area contributed by atoms with Gasteiger partial charge in [0.1, 0.15) is 0 Å². The summed E-state index contributed by atoms with van der Waals surface area (Å²) in [7, 11) is -3.35. The van der Waals surface area contributed by atoms with Crippen molar-refractivity contribution in [2.24, 2.45) is 5.73 Å². The van der Waals surface area contributed by atoms with E-state index in [0.29, 0.717) is 6.61 Å². The zero-order valence-corrected chi connectivity index (χ0v) is 8.87. The van der Waals surface area contributed by atoms with Gasteiger partial charge in [0.2, 0.25) is 0 Å². The van der Waals surface area contributed by atoms with Gasteiger partial charge < -0.3 is 15.2 Å². The van der Waals surface area contributed by atoms with Crippen LogP contribution in [0, 0.1) is 0 Å². The van der Waals surface area contributed by atoms with E-state index in [1.165, 1.54) is 0 Å². The second-order valence-electron chi connectivity index (χ2n) is 3.55. The first kappa shape index (κ1) is 11.2. The van der Waals surface area contributed by atoms with E-state index in [-0.39, 0.29) is 11.7 Å². The SMILES string of the molecule is CCOP(=O)(O)C1CCC(N)CC1. The number of hydrogen-bond acceptors (Lipinski definition) is 3. The highest BCUT2D eigenvalue weighted by molar-refractivity contribution is 7.53. The second kappa shape index (κ2) is 4.56. The van der Waals surface area contributed by atoms with Gasteiger partial charge in [0.05, 0.1) is 12.3 Å². The Labute approximate surface area is 79.0 Å². The molecule has 0 saturated heterocycles. The standard InChI is InChI=1S/C8H18NO3P/c1-2-12-13(10,11)8-5-3-7(9)4-6-8/h7-8H,2-6,9H2,1H3,(H,10,11). The van der Waals surface area contributed by atoms with Crippen LogP contribution in [0.4, 0.5) is 0 Å². The Bertz CT molecular complexity index is 202. The van der Waals surface area contributed by atoms with Gasteiger partial charge >= 0.3 is 7.60 Å². The molecule has 1 saturated carbocycles. The summed E-state index contributed by atoms with van der Waals surface area (Å²) in [6.07, 6.45) is 3.11. The lowest BCUT2D eigenvalue weighted by molar-refractivity contribution is 0.252. The maximum absolute atomic E-state index is 11.6. The minimum Gasteiger partial charge on any atom is -0.328 e. The normalized spacial score (nSPS) is 34.1. The molecule has 1 fully saturated rings. The summed E-state index contributed by atoms with van der Waals surface area (Å²) < 4.78 is 16.4. The van der Waals surface area contributed by atoms with Gasteiger partial charge in [-0.3, -0.25) is 4.57 Å². The van der Waals surface area contributed by atoms with Crippen molar-refractivity contribution >= 4 is 7.60 Å². The van der Waals surface area contributed by atoms with Crippen molar-refractivity contribution in [1.29, 1.82) is 0 Å². The van der Waals surface area contributed by atoms with E-state index >= 15 is 0 Å². The highest BCUT2D eigenvalue weighted by Gasteiger charge is 2.34. The largest absolute Gasteiger partial charge is 0.331 e. The van der Waals surface area contributed by atoms with E-state index < -0.39 is 7.60 Å². The molecule has 1 atom stereocenters. The minimum absolute atomic E-state index is 0.188. The maximum atomic E-state index is 11.6. The summed E-state index contributed by atoms with van der Waals surface area (Å²) in [5.41, 5.74) is 5.51. The summed E-state index contributed by atoms with van der Waals surface area (Å²) in [5.74, 6) is 0. The van der Waals surface area contributed by atoms with Crippen molar-refractivity contribution in [2.75, 3.05) is 6.61 Å². The fraction of sp³-hybridized carbons (Fsp3) is 1.00. The van der Waals surface area contributed by atoms with Gasteiger partial charge in [0, 0.05) is 6.04 Å². The van der Waals surface area contributed by atoms with Gasteiger partial charge in [0.15, 0.2) is 0 Å². The molecule has 0 radical (unpaired) electrons. The molecule has 0 aromatic heterocycles. The van der Waals surface area contributed by atoms with Crippen LogP contribution >= 0.6 is 7.60 Å². The molecule has 78 valence electrons. The molecule has 0 aromatic carbocycles. The summed E-state index contributed by atoms with van der Waals surface area (Å²) in [4.78, 5) is 9.52. The van der Waals surface area contributed by atoms with Gasteiger partial charge in [-0.25, -0.2) is 0 Å². The quantitative estimate of drug-likeness (QED) is 0.687. The van der Waals surface area contributed by atoms with Crippen LogP contribution in [0.3, 0.4) is 0 Å². The summed E-state index contributed by atoms with van der Waals surface area (Å²) >= 11 is 0. The average molecular weight is 207 g/mol. The lowest BCUT2D eigenvalue weighted by atomic mass is 9.96. The first-order chi connectivity index (χ1) is 6.06. The second-order valence-corrected chi connectivity index (χ2v) is 5.67. The Hall–Kier alpha value is 0.110. The monoisotopic (exact) mass is 207 g/mol. The van der Waals surface area contributed by atoms with Gasteiger partial charge in [-0.05, 0) is 32.6 Å². The molecule has 0 spiro atoms. The van der Waals surface area contributed by atoms with E-state index in [1.807, 2.05) is 0 Å². The Balaban J connectivity index is 2.48. The Morgan fingerprint density at radius 3 is 2.46 bits per heavy atom. The number of hydrogen-bond donors (Lipinski definition) is 2. The van der Waals surface area contributed by atoms with E-state index in [4.69, 9.17) is 10.3 Å². The average Bonchev–Trinajstić information content (AvgIpc) is 2.05. The van der Waals surface area contributed by atoms with Crippen molar-refractivity contribution < 1.29 is 14.0 Å². The molecule has 1 aliphatic carbocycles. The molecule has 5 heteroatoms. The van der Waals surface area contributed by atoms with E-state index in [1.54, 1.807) is 6.92 Å².